The quantitative estimate of drug-likeness (QED) is 0.0957. The number of benzene rings is 4. The molecule has 0 atom stereocenters. The number of pyridine rings is 2. The molecule has 2 fully saturated rings. The number of nitrogens with zero attached hydrogens (tertiary/aromatic N) is 5. The Hall–Kier alpha value is -7.68. The van der Waals surface area contributed by atoms with Gasteiger partial charge in [-0.05, 0) is 150 Å². The average Bonchev–Trinajstić information content (AvgIpc) is 4.27. The van der Waals surface area contributed by atoms with E-state index in [4.69, 9.17) is 4.74 Å². The van der Waals surface area contributed by atoms with Crippen LogP contribution in [0.15, 0.2) is 134 Å². The van der Waals surface area contributed by atoms with Crippen LogP contribution >= 0.6 is 0 Å². The van der Waals surface area contributed by atoms with Crippen molar-refractivity contribution in [3.63, 3.8) is 0 Å². The number of carboxylic acids is 1. The zero-order valence-electron chi connectivity index (χ0n) is 36.0. The number of hydrogen-bond acceptors (Lipinski definition) is 6. The van der Waals surface area contributed by atoms with Gasteiger partial charge in [0.05, 0.1) is 24.1 Å². The van der Waals surface area contributed by atoms with Crippen molar-refractivity contribution in [3.8, 4) is 0 Å². The zero-order valence-corrected chi connectivity index (χ0v) is 36.0. The molecule has 0 saturated heterocycles. The molecule has 8 aromatic rings. The lowest BCUT2D eigenvalue weighted by Crippen LogP contribution is -2.39. The number of carbonyl (C=O) groups is 3. The van der Waals surface area contributed by atoms with E-state index in [0.717, 1.165) is 65.9 Å². The Morgan fingerprint density at radius 3 is 1.70 bits per heavy atom. The van der Waals surface area contributed by atoms with Gasteiger partial charge in [-0.2, -0.15) is 13.2 Å². The van der Waals surface area contributed by atoms with Crippen LogP contribution in [-0.4, -0.2) is 55.3 Å². The van der Waals surface area contributed by atoms with E-state index < -0.39 is 29.8 Å². The molecule has 67 heavy (non-hydrogen) atoms. The minimum atomic E-state index is -5.23. The summed E-state index contributed by atoms with van der Waals surface area (Å²) in [5, 5.41) is 11.3. The number of methoxy groups -OCH3 is 1. The van der Waals surface area contributed by atoms with Gasteiger partial charge in [0.15, 0.2) is 5.82 Å². The number of aromatic nitrogens is 4. The third-order valence-electron chi connectivity index (χ3n) is 12.0. The van der Waals surface area contributed by atoms with Crippen LogP contribution in [0.25, 0.3) is 21.8 Å². The molecule has 2 aliphatic carbocycles. The monoisotopic (exact) mass is 911 g/mol. The Morgan fingerprint density at radius 1 is 0.672 bits per heavy atom. The van der Waals surface area contributed by atoms with Crippen molar-refractivity contribution >= 4 is 51.2 Å². The Morgan fingerprint density at radius 2 is 1.18 bits per heavy atom. The predicted octanol–water partition coefficient (Wildman–Crippen LogP) is 11.5. The first-order valence-corrected chi connectivity index (χ1v) is 21.6. The van der Waals surface area contributed by atoms with Crippen molar-refractivity contribution < 1.29 is 46.2 Å². The lowest BCUT2D eigenvalue weighted by atomic mass is 10.0. The molecular weight excluding hydrogens is 870 g/mol. The summed E-state index contributed by atoms with van der Waals surface area (Å²) in [4.78, 5) is 46.0. The van der Waals surface area contributed by atoms with Crippen molar-refractivity contribution in [1.82, 2.24) is 19.1 Å². The lowest BCUT2D eigenvalue weighted by molar-refractivity contribution is -0.169. The van der Waals surface area contributed by atoms with Gasteiger partial charge in [0.25, 0.3) is 0 Å². The molecule has 10 nitrogen and oxygen atoms in total. The van der Waals surface area contributed by atoms with Gasteiger partial charge in [-0.25, -0.2) is 23.4 Å². The number of amides is 1. The van der Waals surface area contributed by atoms with Crippen LogP contribution in [0.4, 0.5) is 33.5 Å². The number of hydrogen-bond donors (Lipinski definition) is 1. The summed E-state index contributed by atoms with van der Waals surface area (Å²) < 4.78 is 76.3. The van der Waals surface area contributed by atoms with E-state index in [0.29, 0.717) is 58.1 Å². The molecule has 4 heterocycles. The smallest absolute Gasteiger partial charge is 0.472 e. The first-order valence-electron chi connectivity index (χ1n) is 21.6. The fourth-order valence-electron chi connectivity index (χ4n) is 8.22. The Labute approximate surface area is 380 Å². The number of alkyl halides is 3. The summed E-state index contributed by atoms with van der Waals surface area (Å²) in [5.41, 5.74) is 6.97. The normalized spacial score (nSPS) is 13.6. The highest BCUT2D eigenvalue weighted by molar-refractivity contribution is 6.08. The number of aromatic carboxylic acids is 1. The van der Waals surface area contributed by atoms with Gasteiger partial charge in [-0.15, -0.1) is 0 Å². The van der Waals surface area contributed by atoms with Gasteiger partial charge in [-0.1, -0.05) is 30.3 Å². The molecule has 10 rings (SSSR count). The molecule has 0 spiro atoms. The van der Waals surface area contributed by atoms with Crippen molar-refractivity contribution in [3.05, 3.63) is 190 Å². The molecule has 2 aliphatic rings. The standard InChI is InChI=1S/C27H21F4N3O3.C25H21FN2O2/c1-37-25(35)22-13-19(17-4-5-17)14-32-24(22)34(26(36)27(29,30)31)21-8-9-23-18(12-21)10-11-33(23)15-16-2-6-20(28)7-3-16;26-21-6-1-16(2-7-21)15-28-10-9-19-11-17(3-8-24(19)28)12-23-22(25(29)30)13-20(14-27-23)18-4-5-18/h2-3,6-14,17H,4-5,15H2,1H3;1-3,6-11,13-14,18H,4-5,12,15H2,(H,29,30). The van der Waals surface area contributed by atoms with E-state index in [2.05, 4.69) is 20.6 Å². The van der Waals surface area contributed by atoms with Crippen molar-refractivity contribution in [2.75, 3.05) is 12.0 Å². The van der Waals surface area contributed by atoms with Gasteiger partial charge < -0.3 is 19.0 Å². The molecule has 15 heteroatoms. The van der Waals surface area contributed by atoms with Gasteiger partial charge >= 0.3 is 24.0 Å². The summed E-state index contributed by atoms with van der Waals surface area (Å²) >= 11 is 0. The van der Waals surface area contributed by atoms with Crippen LogP contribution in [0.5, 0.6) is 0 Å². The number of carboxylic acid groups (broad SMARTS) is 1. The largest absolute Gasteiger partial charge is 0.478 e. The second kappa shape index (κ2) is 18.3. The number of esters is 1. The Balaban J connectivity index is 0.000000171. The number of rotatable bonds is 12. The summed E-state index contributed by atoms with van der Waals surface area (Å²) in [6, 6.07) is 30.0. The summed E-state index contributed by atoms with van der Waals surface area (Å²) in [5.74, 6) is -4.40. The number of anilines is 2. The number of carbonyl (C=O) groups excluding carboxylic acids is 2. The number of ether oxygens (including phenoxy) is 1. The maximum Gasteiger partial charge on any atom is 0.472 e. The van der Waals surface area contributed by atoms with Crippen LogP contribution in [-0.2, 0) is 29.0 Å². The Kier molecular flexibility index (Phi) is 12.2. The van der Waals surface area contributed by atoms with E-state index in [-0.39, 0.29) is 28.8 Å². The van der Waals surface area contributed by atoms with Gasteiger partial charge in [0.2, 0.25) is 0 Å². The molecule has 0 aliphatic heterocycles. The van der Waals surface area contributed by atoms with E-state index in [9.17, 15) is 41.4 Å². The highest BCUT2D eigenvalue weighted by Gasteiger charge is 2.45. The highest BCUT2D eigenvalue weighted by atomic mass is 19.4. The minimum absolute atomic E-state index is 0.105. The molecule has 4 aromatic carbocycles. The van der Waals surface area contributed by atoms with Gasteiger partial charge in [-0.3, -0.25) is 14.7 Å². The maximum absolute atomic E-state index is 13.7. The molecule has 2 saturated carbocycles. The van der Waals surface area contributed by atoms with Crippen LogP contribution < -0.4 is 4.90 Å². The molecule has 1 amide bonds. The molecule has 0 unspecified atom stereocenters. The lowest BCUT2D eigenvalue weighted by Gasteiger charge is -2.25. The molecule has 1 N–H and O–H groups in total. The third-order valence-corrected chi connectivity index (χ3v) is 12.0. The average molecular weight is 912 g/mol. The minimum Gasteiger partial charge on any atom is -0.478 e. The van der Waals surface area contributed by atoms with Crippen LogP contribution in [0, 0.1) is 11.6 Å². The second-order valence-electron chi connectivity index (χ2n) is 16.8. The molecule has 0 bridgehead atoms. The molecular formula is C52H42F5N5O5. The molecule has 4 aromatic heterocycles. The first-order chi connectivity index (χ1) is 32.2. The maximum atomic E-state index is 13.7. The zero-order chi connectivity index (χ0) is 47.0. The van der Waals surface area contributed by atoms with Crippen LogP contribution in [0.1, 0.15) is 91.7 Å². The summed E-state index contributed by atoms with van der Waals surface area (Å²) in [7, 11) is 1.11. The van der Waals surface area contributed by atoms with E-state index >= 15 is 0 Å². The third kappa shape index (κ3) is 9.95. The van der Waals surface area contributed by atoms with Crippen molar-refractivity contribution in [2.24, 2.45) is 0 Å². The van der Waals surface area contributed by atoms with Crippen LogP contribution in [0.3, 0.4) is 0 Å². The summed E-state index contributed by atoms with van der Waals surface area (Å²) in [6.07, 6.45) is 6.25. The van der Waals surface area contributed by atoms with Gasteiger partial charge in [0.1, 0.15) is 17.2 Å². The van der Waals surface area contributed by atoms with E-state index in [1.54, 1.807) is 48.7 Å². The van der Waals surface area contributed by atoms with Gasteiger partial charge in [0, 0.05) is 60.7 Å². The van der Waals surface area contributed by atoms with Crippen molar-refractivity contribution in [1.29, 1.82) is 0 Å². The van der Waals surface area contributed by atoms with E-state index in [1.807, 2.05) is 35.2 Å². The number of halogens is 5. The van der Waals surface area contributed by atoms with Crippen LogP contribution in [0.2, 0.25) is 0 Å². The summed E-state index contributed by atoms with van der Waals surface area (Å²) in [6.45, 7) is 1.07. The topological polar surface area (TPSA) is 120 Å². The fraction of sp³-hybridized carbons (Fsp3) is 0.212. The van der Waals surface area contributed by atoms with Crippen molar-refractivity contribution in [2.45, 2.75) is 63.2 Å². The fourth-order valence-corrected chi connectivity index (χ4v) is 8.22. The Bertz CT molecular complexity index is 3150. The molecule has 340 valence electrons. The second-order valence-corrected chi connectivity index (χ2v) is 16.8. The SMILES string of the molecule is COC(=O)c1cc(C2CC2)cnc1N(C(=O)C(F)(F)F)c1ccc2c(ccn2Cc2ccc(F)cc2)c1.O=C(O)c1cc(C2CC2)cnc1Cc1ccc2c(ccn2Cc2ccc(F)cc2)c1. The predicted molar refractivity (Wildman–Crippen MR) is 242 cm³/mol. The highest BCUT2D eigenvalue weighted by Crippen LogP contribution is 2.43. The van der Waals surface area contributed by atoms with E-state index in [1.165, 1.54) is 48.7 Å². The number of fused-ring (bicyclic) bond motifs is 2. The molecule has 0 radical (unpaired) electrons. The first kappa shape index (κ1) is 44.5.